The van der Waals surface area contributed by atoms with E-state index >= 15 is 0 Å². The first kappa shape index (κ1) is 23.0. The molecule has 2 N–H and O–H groups in total. The topological polar surface area (TPSA) is 58.2 Å². The van der Waals surface area contributed by atoms with E-state index in [1.807, 2.05) is 113 Å². The van der Waals surface area contributed by atoms with Gasteiger partial charge in [-0.3, -0.25) is 9.59 Å². The Morgan fingerprint density at radius 1 is 0.471 bits per heavy atom. The Hall–Kier alpha value is -4.18. The largest absolute Gasteiger partial charge is 0.322 e. The minimum Gasteiger partial charge on any atom is -0.322 e. The van der Waals surface area contributed by atoms with Crippen LogP contribution in [0.5, 0.6) is 0 Å². The molecule has 0 fully saturated rings. The van der Waals surface area contributed by atoms with Crippen molar-refractivity contribution in [1.82, 2.24) is 0 Å². The third-order valence-electron chi connectivity index (χ3n) is 6.16. The summed E-state index contributed by atoms with van der Waals surface area (Å²) in [5.74, 6) is -0.251. The average Bonchev–Trinajstić information content (AvgIpc) is 2.83. The second-order valence-electron chi connectivity index (χ2n) is 8.66. The zero-order chi connectivity index (χ0) is 24.2. The summed E-state index contributed by atoms with van der Waals surface area (Å²) in [7, 11) is 0. The van der Waals surface area contributed by atoms with Gasteiger partial charge in [-0.05, 0) is 110 Å². The van der Waals surface area contributed by atoms with E-state index in [0.717, 1.165) is 44.8 Å². The maximum Gasteiger partial charge on any atom is 0.255 e. The first-order valence-corrected chi connectivity index (χ1v) is 11.3. The van der Waals surface area contributed by atoms with Gasteiger partial charge in [0.05, 0.1) is 0 Å². The van der Waals surface area contributed by atoms with Gasteiger partial charge in [0.25, 0.3) is 11.8 Å². The number of anilines is 2. The lowest BCUT2D eigenvalue weighted by atomic mass is 10.0. The van der Waals surface area contributed by atoms with Crippen LogP contribution in [0.4, 0.5) is 11.4 Å². The Labute approximate surface area is 200 Å². The molecule has 0 radical (unpaired) electrons. The fourth-order valence-electron chi connectivity index (χ4n) is 3.66. The van der Waals surface area contributed by atoms with Crippen molar-refractivity contribution in [2.45, 2.75) is 27.7 Å². The van der Waals surface area contributed by atoms with Gasteiger partial charge in [-0.1, -0.05) is 36.4 Å². The molecule has 170 valence electrons. The summed E-state index contributed by atoms with van der Waals surface area (Å²) >= 11 is 0. The van der Waals surface area contributed by atoms with E-state index in [1.54, 1.807) is 0 Å². The fraction of sp³-hybridized carbons (Fsp3) is 0.133. The van der Waals surface area contributed by atoms with Gasteiger partial charge >= 0.3 is 0 Å². The minimum atomic E-state index is -0.125. The molecule has 0 unspecified atom stereocenters. The van der Waals surface area contributed by atoms with Gasteiger partial charge in [-0.2, -0.15) is 0 Å². The highest BCUT2D eigenvalue weighted by Gasteiger charge is 2.09. The van der Waals surface area contributed by atoms with Crippen molar-refractivity contribution < 1.29 is 9.59 Å². The normalized spacial score (nSPS) is 10.6. The molecule has 4 aromatic carbocycles. The summed E-state index contributed by atoms with van der Waals surface area (Å²) in [6, 6.07) is 26.9. The first-order valence-electron chi connectivity index (χ1n) is 11.3. The minimum absolute atomic E-state index is 0.125. The maximum atomic E-state index is 12.6. The quantitative estimate of drug-likeness (QED) is 0.342. The molecular formula is C30H28N2O2. The van der Waals surface area contributed by atoms with Crippen LogP contribution in [0.1, 0.15) is 43.0 Å². The van der Waals surface area contributed by atoms with Crippen LogP contribution in [0.3, 0.4) is 0 Å². The van der Waals surface area contributed by atoms with E-state index < -0.39 is 0 Å². The smallest absolute Gasteiger partial charge is 0.255 e. The lowest BCUT2D eigenvalue weighted by Gasteiger charge is -2.10. The number of rotatable bonds is 5. The number of hydrogen-bond acceptors (Lipinski definition) is 2. The number of hydrogen-bond donors (Lipinski definition) is 2. The van der Waals surface area contributed by atoms with E-state index in [4.69, 9.17) is 0 Å². The van der Waals surface area contributed by atoms with Crippen molar-refractivity contribution >= 4 is 23.2 Å². The van der Waals surface area contributed by atoms with E-state index in [-0.39, 0.29) is 11.8 Å². The average molecular weight is 449 g/mol. The summed E-state index contributed by atoms with van der Waals surface area (Å²) in [6.07, 6.45) is 0. The van der Waals surface area contributed by atoms with Crippen LogP contribution < -0.4 is 10.6 Å². The first-order chi connectivity index (χ1) is 16.3. The monoisotopic (exact) mass is 448 g/mol. The molecule has 0 aliphatic rings. The van der Waals surface area contributed by atoms with E-state index in [2.05, 4.69) is 10.6 Å². The summed E-state index contributed by atoms with van der Waals surface area (Å²) in [5, 5.41) is 5.90. The van der Waals surface area contributed by atoms with Gasteiger partial charge in [-0.15, -0.1) is 0 Å². The van der Waals surface area contributed by atoms with Crippen LogP contribution >= 0.6 is 0 Å². The summed E-state index contributed by atoms with van der Waals surface area (Å²) in [4.78, 5) is 25.1. The molecule has 4 heteroatoms. The third-order valence-corrected chi connectivity index (χ3v) is 6.16. The number of amides is 2. The van der Waals surface area contributed by atoms with Gasteiger partial charge < -0.3 is 10.6 Å². The Morgan fingerprint density at radius 3 is 1.15 bits per heavy atom. The Bertz CT molecular complexity index is 1250. The number of benzene rings is 4. The summed E-state index contributed by atoms with van der Waals surface area (Å²) in [6.45, 7) is 8.06. The van der Waals surface area contributed by atoms with Gasteiger partial charge in [0.15, 0.2) is 0 Å². The Morgan fingerprint density at radius 2 is 0.824 bits per heavy atom. The van der Waals surface area contributed by atoms with E-state index in [1.165, 1.54) is 0 Å². The Balaban J connectivity index is 1.40. The van der Waals surface area contributed by atoms with Gasteiger partial charge in [0.2, 0.25) is 0 Å². The lowest BCUT2D eigenvalue weighted by molar-refractivity contribution is 0.101. The van der Waals surface area contributed by atoms with Crippen LogP contribution in [0.25, 0.3) is 11.1 Å². The molecule has 0 bridgehead atoms. The van der Waals surface area contributed by atoms with Crippen LogP contribution in [0.2, 0.25) is 0 Å². The highest BCUT2D eigenvalue weighted by Crippen LogP contribution is 2.24. The van der Waals surface area contributed by atoms with Crippen LogP contribution in [-0.4, -0.2) is 11.8 Å². The van der Waals surface area contributed by atoms with Crippen molar-refractivity contribution in [1.29, 1.82) is 0 Å². The molecule has 0 saturated carbocycles. The van der Waals surface area contributed by atoms with E-state index in [9.17, 15) is 9.59 Å². The van der Waals surface area contributed by atoms with Gasteiger partial charge in [0, 0.05) is 22.5 Å². The van der Waals surface area contributed by atoms with Crippen LogP contribution in [-0.2, 0) is 0 Å². The van der Waals surface area contributed by atoms with Gasteiger partial charge in [0.1, 0.15) is 0 Å². The molecule has 0 saturated heterocycles. The molecule has 34 heavy (non-hydrogen) atoms. The lowest BCUT2D eigenvalue weighted by Crippen LogP contribution is -2.12. The van der Waals surface area contributed by atoms with E-state index in [0.29, 0.717) is 11.1 Å². The molecule has 0 aliphatic carbocycles. The molecule has 4 aromatic rings. The van der Waals surface area contributed by atoms with Crippen molar-refractivity contribution in [2.75, 3.05) is 10.6 Å². The standard InChI is InChI=1S/C30H28N2O2/c1-19-5-7-25(17-21(19)3)29(33)31-27-13-9-23(10-14-27)24-11-15-28(16-12-24)32-30(34)26-8-6-20(2)22(4)18-26/h5-18H,1-4H3,(H,31,33)(H,32,34). The number of nitrogens with one attached hydrogen (secondary N) is 2. The predicted octanol–water partition coefficient (Wildman–Crippen LogP) is 7.09. The summed E-state index contributed by atoms with van der Waals surface area (Å²) in [5.41, 5.74) is 9.33. The van der Waals surface area contributed by atoms with Crippen molar-refractivity contribution in [2.24, 2.45) is 0 Å². The third kappa shape index (κ3) is 5.24. The second-order valence-corrected chi connectivity index (χ2v) is 8.66. The summed E-state index contributed by atoms with van der Waals surface area (Å²) < 4.78 is 0. The molecule has 4 rings (SSSR count). The molecular weight excluding hydrogens is 420 g/mol. The van der Waals surface area contributed by atoms with Crippen molar-refractivity contribution in [3.8, 4) is 11.1 Å². The molecule has 2 amide bonds. The molecule has 0 atom stereocenters. The zero-order valence-corrected chi connectivity index (χ0v) is 19.9. The van der Waals surface area contributed by atoms with Crippen molar-refractivity contribution in [3.63, 3.8) is 0 Å². The molecule has 4 nitrogen and oxygen atoms in total. The highest BCUT2D eigenvalue weighted by molar-refractivity contribution is 6.05. The van der Waals surface area contributed by atoms with Crippen LogP contribution in [0.15, 0.2) is 84.9 Å². The van der Waals surface area contributed by atoms with Crippen molar-refractivity contribution in [3.05, 3.63) is 118 Å². The SMILES string of the molecule is Cc1ccc(C(=O)Nc2ccc(-c3ccc(NC(=O)c4ccc(C)c(C)c4)cc3)cc2)cc1C. The number of carbonyl (C=O) groups is 2. The fourth-order valence-corrected chi connectivity index (χ4v) is 3.66. The maximum absolute atomic E-state index is 12.6. The second kappa shape index (κ2) is 9.75. The molecule has 0 aliphatic heterocycles. The molecule has 0 aromatic heterocycles. The predicted molar refractivity (Wildman–Crippen MR) is 140 cm³/mol. The van der Waals surface area contributed by atoms with Crippen LogP contribution in [0, 0.1) is 27.7 Å². The number of aryl methyl sites for hydroxylation is 4. The molecule has 0 spiro atoms. The molecule has 0 heterocycles. The zero-order valence-electron chi connectivity index (χ0n) is 19.9. The van der Waals surface area contributed by atoms with Gasteiger partial charge in [-0.25, -0.2) is 0 Å². The Kier molecular flexibility index (Phi) is 6.60. The highest BCUT2D eigenvalue weighted by atomic mass is 16.2. The number of carbonyl (C=O) groups excluding carboxylic acids is 2.